The third-order valence-electron chi connectivity index (χ3n) is 2.20. The lowest BCUT2D eigenvalue weighted by molar-refractivity contribution is 0.279. The van der Waals surface area contributed by atoms with Crippen molar-refractivity contribution in [2.75, 3.05) is 0 Å². The highest BCUT2D eigenvalue weighted by Gasteiger charge is 2.08. The van der Waals surface area contributed by atoms with Gasteiger partial charge in [-0.05, 0) is 25.1 Å². The van der Waals surface area contributed by atoms with Crippen molar-refractivity contribution >= 4 is 0 Å². The fourth-order valence-electron chi connectivity index (χ4n) is 1.34. The number of aromatic nitrogens is 1. The SMILES string of the molecule is Cc1oc(-c2ccc(F)nc2)cc1CO. The maximum absolute atomic E-state index is 12.6. The zero-order chi connectivity index (χ0) is 10.8. The fourth-order valence-corrected chi connectivity index (χ4v) is 1.34. The van der Waals surface area contributed by atoms with E-state index in [9.17, 15) is 4.39 Å². The number of aliphatic hydroxyl groups excluding tert-OH is 1. The van der Waals surface area contributed by atoms with Crippen molar-refractivity contribution in [3.05, 3.63) is 41.7 Å². The van der Waals surface area contributed by atoms with Crippen LogP contribution in [0.1, 0.15) is 11.3 Å². The highest BCUT2D eigenvalue weighted by Crippen LogP contribution is 2.24. The molecule has 0 atom stereocenters. The number of aliphatic hydroxyl groups is 1. The molecular formula is C11H10FNO2. The number of rotatable bonds is 2. The van der Waals surface area contributed by atoms with E-state index in [2.05, 4.69) is 4.98 Å². The van der Waals surface area contributed by atoms with Crippen LogP contribution in [0.3, 0.4) is 0 Å². The molecule has 0 aliphatic rings. The number of nitrogens with zero attached hydrogens (tertiary/aromatic N) is 1. The summed E-state index contributed by atoms with van der Waals surface area (Å²) in [5.74, 6) is 0.727. The third kappa shape index (κ3) is 1.89. The standard InChI is InChI=1S/C11H10FNO2/c1-7-9(6-14)4-10(15-7)8-2-3-11(12)13-5-8/h2-5,14H,6H2,1H3. The van der Waals surface area contributed by atoms with Gasteiger partial charge in [-0.2, -0.15) is 4.39 Å². The minimum Gasteiger partial charge on any atom is -0.461 e. The zero-order valence-corrected chi connectivity index (χ0v) is 8.20. The molecule has 2 aromatic heterocycles. The van der Waals surface area contributed by atoms with Crippen LogP contribution < -0.4 is 0 Å². The number of halogens is 1. The molecule has 0 fully saturated rings. The minimum atomic E-state index is -0.524. The van der Waals surface area contributed by atoms with Gasteiger partial charge in [0.25, 0.3) is 0 Å². The molecule has 2 rings (SSSR count). The number of hydrogen-bond donors (Lipinski definition) is 1. The Labute approximate surface area is 86.2 Å². The van der Waals surface area contributed by atoms with Crippen molar-refractivity contribution < 1.29 is 13.9 Å². The first-order valence-corrected chi connectivity index (χ1v) is 4.53. The van der Waals surface area contributed by atoms with Gasteiger partial charge >= 0.3 is 0 Å². The van der Waals surface area contributed by atoms with E-state index in [4.69, 9.17) is 9.52 Å². The van der Waals surface area contributed by atoms with E-state index >= 15 is 0 Å². The highest BCUT2D eigenvalue weighted by molar-refractivity contribution is 5.57. The maximum Gasteiger partial charge on any atom is 0.212 e. The van der Waals surface area contributed by atoms with E-state index in [1.54, 1.807) is 19.1 Å². The lowest BCUT2D eigenvalue weighted by atomic mass is 10.2. The molecule has 3 nitrogen and oxygen atoms in total. The van der Waals surface area contributed by atoms with Crippen molar-refractivity contribution in [2.24, 2.45) is 0 Å². The van der Waals surface area contributed by atoms with E-state index in [0.29, 0.717) is 17.1 Å². The number of hydrogen-bond acceptors (Lipinski definition) is 3. The molecule has 0 radical (unpaired) electrons. The molecule has 78 valence electrons. The molecule has 2 heterocycles. The summed E-state index contributed by atoms with van der Waals surface area (Å²) >= 11 is 0. The predicted octanol–water partition coefficient (Wildman–Crippen LogP) is 2.28. The van der Waals surface area contributed by atoms with Gasteiger partial charge in [-0.25, -0.2) is 4.98 Å². The van der Waals surface area contributed by atoms with Crippen LogP contribution in [-0.4, -0.2) is 10.1 Å². The van der Waals surface area contributed by atoms with E-state index in [-0.39, 0.29) is 6.61 Å². The van der Waals surface area contributed by atoms with Gasteiger partial charge in [0.1, 0.15) is 11.5 Å². The number of aryl methyl sites for hydroxylation is 1. The Morgan fingerprint density at radius 1 is 1.47 bits per heavy atom. The van der Waals surface area contributed by atoms with Gasteiger partial charge in [0.2, 0.25) is 5.95 Å². The predicted molar refractivity (Wildman–Crippen MR) is 52.6 cm³/mol. The van der Waals surface area contributed by atoms with Crippen LogP contribution in [0, 0.1) is 12.9 Å². The first-order valence-electron chi connectivity index (χ1n) is 4.53. The topological polar surface area (TPSA) is 46.3 Å². The molecule has 0 aliphatic carbocycles. The molecule has 1 N–H and O–H groups in total. The molecule has 0 bridgehead atoms. The van der Waals surface area contributed by atoms with Crippen molar-refractivity contribution in [3.8, 4) is 11.3 Å². The lowest BCUT2D eigenvalue weighted by Gasteiger charge is -1.94. The van der Waals surface area contributed by atoms with Crippen molar-refractivity contribution in [2.45, 2.75) is 13.5 Å². The Hall–Kier alpha value is -1.68. The average molecular weight is 207 g/mol. The van der Waals surface area contributed by atoms with E-state index in [1.807, 2.05) is 0 Å². The third-order valence-corrected chi connectivity index (χ3v) is 2.20. The summed E-state index contributed by atoms with van der Waals surface area (Å²) < 4.78 is 18.0. The van der Waals surface area contributed by atoms with Crippen LogP contribution in [0.15, 0.2) is 28.8 Å². The lowest BCUT2D eigenvalue weighted by Crippen LogP contribution is -1.81. The Kier molecular flexibility index (Phi) is 2.51. The zero-order valence-electron chi connectivity index (χ0n) is 8.20. The molecule has 0 unspecified atom stereocenters. The summed E-state index contributed by atoms with van der Waals surface area (Å²) in [6.07, 6.45) is 1.40. The molecule has 0 spiro atoms. The van der Waals surface area contributed by atoms with Crippen LogP contribution >= 0.6 is 0 Å². The van der Waals surface area contributed by atoms with Gasteiger partial charge in [-0.3, -0.25) is 0 Å². The second-order valence-corrected chi connectivity index (χ2v) is 3.22. The highest BCUT2D eigenvalue weighted by atomic mass is 19.1. The largest absolute Gasteiger partial charge is 0.461 e. The van der Waals surface area contributed by atoms with E-state index in [1.165, 1.54) is 12.3 Å². The first kappa shape index (κ1) is 9.86. The molecule has 0 aliphatic heterocycles. The molecule has 15 heavy (non-hydrogen) atoms. The molecule has 0 saturated carbocycles. The second kappa shape index (κ2) is 3.82. The fraction of sp³-hybridized carbons (Fsp3) is 0.182. The van der Waals surface area contributed by atoms with Crippen molar-refractivity contribution in [1.29, 1.82) is 0 Å². The quantitative estimate of drug-likeness (QED) is 0.768. The van der Waals surface area contributed by atoms with Gasteiger partial charge in [0.05, 0.1) is 6.61 Å². The molecule has 0 saturated heterocycles. The van der Waals surface area contributed by atoms with Gasteiger partial charge in [0, 0.05) is 17.3 Å². The maximum atomic E-state index is 12.6. The monoisotopic (exact) mass is 207 g/mol. The summed E-state index contributed by atoms with van der Waals surface area (Å²) in [7, 11) is 0. The van der Waals surface area contributed by atoms with Crippen LogP contribution in [0.5, 0.6) is 0 Å². The molecule has 4 heteroatoms. The Morgan fingerprint density at radius 3 is 2.80 bits per heavy atom. The van der Waals surface area contributed by atoms with Gasteiger partial charge in [-0.1, -0.05) is 0 Å². The molecular weight excluding hydrogens is 197 g/mol. The van der Waals surface area contributed by atoms with Crippen LogP contribution in [0.4, 0.5) is 4.39 Å². The minimum absolute atomic E-state index is 0.0655. The van der Waals surface area contributed by atoms with Gasteiger partial charge in [0.15, 0.2) is 0 Å². The van der Waals surface area contributed by atoms with Crippen LogP contribution in [-0.2, 0) is 6.61 Å². The average Bonchev–Trinajstić information content (AvgIpc) is 2.61. The Bertz CT molecular complexity index is 462. The number of furan rings is 1. The van der Waals surface area contributed by atoms with Crippen molar-refractivity contribution in [1.82, 2.24) is 4.98 Å². The van der Waals surface area contributed by atoms with Crippen molar-refractivity contribution in [3.63, 3.8) is 0 Å². The van der Waals surface area contributed by atoms with E-state index < -0.39 is 5.95 Å². The molecule has 0 aromatic carbocycles. The van der Waals surface area contributed by atoms with Gasteiger partial charge in [-0.15, -0.1) is 0 Å². The Balaban J connectivity index is 2.41. The normalized spacial score (nSPS) is 10.6. The summed E-state index contributed by atoms with van der Waals surface area (Å²) in [4.78, 5) is 3.53. The number of pyridine rings is 1. The summed E-state index contributed by atoms with van der Waals surface area (Å²) in [5, 5.41) is 8.99. The molecule has 2 aromatic rings. The summed E-state index contributed by atoms with van der Waals surface area (Å²) in [5.41, 5.74) is 1.42. The van der Waals surface area contributed by atoms with E-state index in [0.717, 1.165) is 5.56 Å². The summed E-state index contributed by atoms with van der Waals surface area (Å²) in [6.45, 7) is 1.70. The van der Waals surface area contributed by atoms with Crippen LogP contribution in [0.25, 0.3) is 11.3 Å². The smallest absolute Gasteiger partial charge is 0.212 e. The van der Waals surface area contributed by atoms with Gasteiger partial charge < -0.3 is 9.52 Å². The molecule has 0 amide bonds. The Morgan fingerprint density at radius 2 is 2.27 bits per heavy atom. The summed E-state index contributed by atoms with van der Waals surface area (Å²) in [6, 6.07) is 4.58. The second-order valence-electron chi connectivity index (χ2n) is 3.22. The van der Waals surface area contributed by atoms with Crippen LogP contribution in [0.2, 0.25) is 0 Å². The first-order chi connectivity index (χ1) is 7.20.